The lowest BCUT2D eigenvalue weighted by Crippen LogP contribution is -2.00. The Bertz CT molecular complexity index is 887. The smallest absolute Gasteiger partial charge is 0.255 e. The minimum absolute atomic E-state index is 0.400. The topological polar surface area (TPSA) is 74.7 Å². The highest BCUT2D eigenvalue weighted by atomic mass is 32.2. The van der Waals surface area contributed by atoms with Gasteiger partial charge in [0.1, 0.15) is 17.4 Å². The van der Waals surface area contributed by atoms with Crippen LogP contribution in [0.1, 0.15) is 23.9 Å². The molecule has 8 heteroatoms. The third kappa shape index (κ3) is 4.91. The number of aromatic nitrogens is 3. The van der Waals surface area contributed by atoms with E-state index in [-0.39, 0.29) is 0 Å². The number of hydrogen-bond acceptors (Lipinski definition) is 7. The van der Waals surface area contributed by atoms with Crippen molar-refractivity contribution in [2.75, 3.05) is 13.4 Å². The van der Waals surface area contributed by atoms with Crippen molar-refractivity contribution in [3.8, 4) is 11.6 Å². The van der Waals surface area contributed by atoms with Gasteiger partial charge < -0.3 is 18.6 Å². The molecule has 2 aromatic heterocycles. The van der Waals surface area contributed by atoms with Gasteiger partial charge in [0.15, 0.2) is 5.76 Å². The number of rotatable bonds is 8. The summed E-state index contributed by atoms with van der Waals surface area (Å²) in [6.45, 7) is 3.88. The molecule has 142 valence electrons. The Morgan fingerprint density at radius 3 is 2.81 bits per heavy atom. The van der Waals surface area contributed by atoms with E-state index in [1.165, 1.54) is 11.8 Å². The Hall–Kier alpha value is -2.74. The Labute approximate surface area is 162 Å². The molecule has 7 nitrogen and oxygen atoms in total. The van der Waals surface area contributed by atoms with E-state index in [0.29, 0.717) is 24.8 Å². The summed E-state index contributed by atoms with van der Waals surface area (Å²) < 4.78 is 18.3. The summed E-state index contributed by atoms with van der Waals surface area (Å²) in [5.41, 5.74) is 2.08. The van der Waals surface area contributed by atoms with Crippen molar-refractivity contribution in [1.82, 2.24) is 14.7 Å². The van der Waals surface area contributed by atoms with Gasteiger partial charge in [0.05, 0.1) is 37.9 Å². The fourth-order valence-corrected chi connectivity index (χ4v) is 2.96. The SMILES string of the molecule is CCn1cncc1CN=C(SC)c1cc(OCc2ccc(OC)cc2)no1. The number of methoxy groups -OCH3 is 1. The first-order valence-electron chi connectivity index (χ1n) is 8.53. The van der Waals surface area contributed by atoms with Gasteiger partial charge in [-0.3, -0.25) is 4.99 Å². The predicted octanol–water partition coefficient (Wildman–Crippen LogP) is 3.79. The molecule has 0 N–H and O–H groups in total. The van der Waals surface area contributed by atoms with Crippen molar-refractivity contribution in [2.24, 2.45) is 4.99 Å². The van der Waals surface area contributed by atoms with E-state index in [4.69, 9.17) is 14.0 Å². The van der Waals surface area contributed by atoms with E-state index in [0.717, 1.165) is 28.6 Å². The molecule has 2 heterocycles. The third-order valence-corrected chi connectivity index (χ3v) is 4.68. The monoisotopic (exact) mass is 386 g/mol. The third-order valence-electron chi connectivity index (χ3n) is 3.96. The predicted molar refractivity (Wildman–Crippen MR) is 105 cm³/mol. The lowest BCUT2D eigenvalue weighted by Gasteiger charge is -2.04. The normalized spacial score (nSPS) is 11.6. The van der Waals surface area contributed by atoms with Crippen LogP contribution in [-0.2, 0) is 19.7 Å². The minimum Gasteiger partial charge on any atom is -0.497 e. The number of ether oxygens (including phenoxy) is 2. The van der Waals surface area contributed by atoms with Gasteiger partial charge in [-0.25, -0.2) is 4.98 Å². The summed E-state index contributed by atoms with van der Waals surface area (Å²) in [5.74, 6) is 1.84. The summed E-state index contributed by atoms with van der Waals surface area (Å²) in [6, 6.07) is 9.45. The zero-order chi connectivity index (χ0) is 19.1. The Morgan fingerprint density at radius 1 is 1.30 bits per heavy atom. The zero-order valence-corrected chi connectivity index (χ0v) is 16.4. The first-order valence-corrected chi connectivity index (χ1v) is 9.76. The zero-order valence-electron chi connectivity index (χ0n) is 15.6. The highest BCUT2D eigenvalue weighted by Crippen LogP contribution is 2.19. The number of thioether (sulfide) groups is 1. The molecule has 0 aliphatic carbocycles. The molecular weight excluding hydrogens is 364 g/mol. The summed E-state index contributed by atoms with van der Waals surface area (Å²) in [7, 11) is 1.64. The second kappa shape index (κ2) is 9.27. The maximum atomic E-state index is 5.70. The van der Waals surface area contributed by atoms with Crippen LogP contribution in [0, 0.1) is 0 Å². The lowest BCUT2D eigenvalue weighted by molar-refractivity contribution is 0.269. The lowest BCUT2D eigenvalue weighted by atomic mass is 10.2. The fraction of sp³-hybridized carbons (Fsp3) is 0.316. The van der Waals surface area contributed by atoms with E-state index >= 15 is 0 Å². The quantitative estimate of drug-likeness (QED) is 0.433. The summed E-state index contributed by atoms with van der Waals surface area (Å²) in [6.07, 6.45) is 5.59. The largest absolute Gasteiger partial charge is 0.497 e. The number of benzene rings is 1. The molecule has 0 spiro atoms. The van der Waals surface area contributed by atoms with Crippen LogP contribution < -0.4 is 9.47 Å². The average Bonchev–Trinajstić information content (AvgIpc) is 3.36. The molecule has 0 saturated carbocycles. The van der Waals surface area contributed by atoms with E-state index < -0.39 is 0 Å². The van der Waals surface area contributed by atoms with E-state index in [2.05, 4.69) is 26.6 Å². The van der Waals surface area contributed by atoms with Gasteiger partial charge in [-0.05, 0) is 36.0 Å². The van der Waals surface area contributed by atoms with Gasteiger partial charge in [0, 0.05) is 6.54 Å². The summed E-state index contributed by atoms with van der Waals surface area (Å²) in [5, 5.41) is 4.75. The molecule has 1 aromatic carbocycles. The fourth-order valence-electron chi connectivity index (χ4n) is 2.47. The van der Waals surface area contributed by atoms with Crippen LogP contribution in [-0.4, -0.2) is 33.1 Å². The van der Waals surface area contributed by atoms with Crippen LogP contribution in [0.2, 0.25) is 0 Å². The number of aryl methyl sites for hydroxylation is 1. The highest BCUT2D eigenvalue weighted by molar-refractivity contribution is 8.13. The van der Waals surface area contributed by atoms with Gasteiger partial charge in [-0.2, -0.15) is 0 Å². The van der Waals surface area contributed by atoms with Crippen LogP contribution in [0.3, 0.4) is 0 Å². The van der Waals surface area contributed by atoms with Gasteiger partial charge >= 0.3 is 0 Å². The molecule has 0 aliphatic heterocycles. The Morgan fingerprint density at radius 2 is 2.11 bits per heavy atom. The molecule has 0 fully saturated rings. The van der Waals surface area contributed by atoms with Gasteiger partial charge in [-0.15, -0.1) is 11.8 Å². The molecule has 27 heavy (non-hydrogen) atoms. The minimum atomic E-state index is 0.400. The van der Waals surface area contributed by atoms with Crippen LogP contribution in [0.15, 0.2) is 52.4 Å². The molecule has 3 aromatic rings. The Kier molecular flexibility index (Phi) is 6.54. The Balaban J connectivity index is 1.62. The van der Waals surface area contributed by atoms with Crippen LogP contribution in [0.5, 0.6) is 11.6 Å². The molecule has 0 atom stereocenters. The number of aliphatic imine (C=N–C) groups is 1. The first kappa shape index (κ1) is 19.0. The summed E-state index contributed by atoms with van der Waals surface area (Å²) in [4.78, 5) is 8.79. The molecule has 0 aliphatic rings. The maximum Gasteiger partial charge on any atom is 0.255 e. The molecule has 0 radical (unpaired) electrons. The second-order valence-electron chi connectivity index (χ2n) is 5.66. The van der Waals surface area contributed by atoms with Crippen molar-refractivity contribution in [1.29, 1.82) is 0 Å². The number of hydrogen-bond donors (Lipinski definition) is 0. The molecule has 3 rings (SSSR count). The van der Waals surface area contributed by atoms with Crippen molar-refractivity contribution >= 4 is 16.8 Å². The van der Waals surface area contributed by atoms with Gasteiger partial charge in [-0.1, -0.05) is 12.1 Å². The molecular formula is C19H22N4O3S. The van der Waals surface area contributed by atoms with Crippen molar-refractivity contribution in [3.63, 3.8) is 0 Å². The molecule has 0 saturated heterocycles. The standard InChI is InChI=1S/C19H22N4O3S/c1-4-23-13-20-10-15(23)11-21-19(27-3)17-9-18(22-26-17)25-12-14-5-7-16(24-2)8-6-14/h5-10,13H,4,11-12H2,1-3H3. The number of imidazole rings is 1. The number of nitrogens with zero attached hydrogens (tertiary/aromatic N) is 4. The molecule has 0 unspecified atom stereocenters. The second-order valence-corrected chi connectivity index (χ2v) is 6.46. The summed E-state index contributed by atoms with van der Waals surface area (Å²) >= 11 is 1.51. The van der Waals surface area contributed by atoms with Crippen LogP contribution in [0.25, 0.3) is 0 Å². The van der Waals surface area contributed by atoms with Crippen LogP contribution in [0.4, 0.5) is 0 Å². The van der Waals surface area contributed by atoms with Gasteiger partial charge in [0.25, 0.3) is 5.88 Å². The van der Waals surface area contributed by atoms with Crippen molar-refractivity contribution < 1.29 is 14.0 Å². The van der Waals surface area contributed by atoms with E-state index in [1.54, 1.807) is 13.2 Å². The van der Waals surface area contributed by atoms with Crippen molar-refractivity contribution in [3.05, 3.63) is 59.9 Å². The van der Waals surface area contributed by atoms with Gasteiger partial charge in [0.2, 0.25) is 0 Å². The van der Waals surface area contributed by atoms with E-state index in [1.807, 2.05) is 43.0 Å². The average molecular weight is 386 g/mol. The van der Waals surface area contributed by atoms with Crippen molar-refractivity contribution in [2.45, 2.75) is 26.6 Å². The first-order chi connectivity index (χ1) is 13.2. The van der Waals surface area contributed by atoms with E-state index in [9.17, 15) is 0 Å². The highest BCUT2D eigenvalue weighted by Gasteiger charge is 2.12. The van der Waals surface area contributed by atoms with Crippen LogP contribution >= 0.6 is 11.8 Å². The maximum absolute atomic E-state index is 5.70. The molecule has 0 bridgehead atoms. The molecule has 0 amide bonds.